The van der Waals surface area contributed by atoms with Gasteiger partial charge in [0.2, 0.25) is 0 Å². The summed E-state index contributed by atoms with van der Waals surface area (Å²) in [5.74, 6) is 1.89. The maximum atomic E-state index is 5.56. The van der Waals surface area contributed by atoms with Crippen LogP contribution in [-0.2, 0) is 5.41 Å². The van der Waals surface area contributed by atoms with E-state index < -0.39 is 0 Å². The number of hydrogen-bond donors (Lipinski definition) is 1. The van der Waals surface area contributed by atoms with Crippen LogP contribution in [0.4, 0.5) is 0 Å². The molecule has 1 fully saturated rings. The summed E-state index contributed by atoms with van der Waals surface area (Å²) in [5, 5.41) is 3.74. The van der Waals surface area contributed by atoms with Crippen LogP contribution in [0.3, 0.4) is 0 Å². The van der Waals surface area contributed by atoms with Gasteiger partial charge in [-0.25, -0.2) is 0 Å². The molecule has 1 unspecified atom stereocenters. The lowest BCUT2D eigenvalue weighted by molar-refractivity contribution is 0.395. The first-order valence-corrected chi connectivity index (χ1v) is 7.82. The number of fused-ring (bicyclic) bond motifs is 2. The van der Waals surface area contributed by atoms with E-state index in [-0.39, 0.29) is 6.04 Å². The first-order valence-electron chi connectivity index (χ1n) is 7.82. The van der Waals surface area contributed by atoms with Crippen LogP contribution in [0.5, 0.6) is 11.5 Å². The highest BCUT2D eigenvalue weighted by Gasteiger charge is 2.49. The van der Waals surface area contributed by atoms with Crippen molar-refractivity contribution in [2.75, 3.05) is 20.8 Å². The third kappa shape index (κ3) is 2.00. The molecule has 1 heterocycles. The maximum Gasteiger partial charge on any atom is 0.123 e. The molecule has 1 atom stereocenters. The molecular weight excluding hydrogens is 274 g/mol. The lowest BCUT2D eigenvalue weighted by Crippen LogP contribution is -2.38. The van der Waals surface area contributed by atoms with Crippen LogP contribution in [0.1, 0.15) is 35.6 Å². The summed E-state index contributed by atoms with van der Waals surface area (Å²) in [6.07, 6.45) is 2.53. The van der Waals surface area contributed by atoms with Gasteiger partial charge in [0.15, 0.2) is 0 Å². The molecule has 2 aromatic rings. The molecule has 0 bridgehead atoms. The van der Waals surface area contributed by atoms with Crippen LogP contribution in [0.2, 0.25) is 0 Å². The average Bonchev–Trinajstić information content (AvgIpc) is 3.36. The summed E-state index contributed by atoms with van der Waals surface area (Å²) in [7, 11) is 3.47. The van der Waals surface area contributed by atoms with Gasteiger partial charge in [-0.2, -0.15) is 0 Å². The second-order valence-corrected chi connectivity index (χ2v) is 6.29. The highest BCUT2D eigenvalue weighted by Crippen LogP contribution is 2.54. The Morgan fingerprint density at radius 1 is 1.00 bits per heavy atom. The fraction of sp³-hybridized carbons (Fsp3) is 0.368. The Bertz CT molecular complexity index is 706. The van der Waals surface area contributed by atoms with Gasteiger partial charge in [0, 0.05) is 17.5 Å². The van der Waals surface area contributed by atoms with Gasteiger partial charge in [-0.1, -0.05) is 24.3 Å². The number of rotatable bonds is 3. The number of ether oxygens (including phenoxy) is 2. The standard InChI is InChI=1S/C19H21NO2/c1-21-13-7-8-14-16(11-13)19(9-10-19)12-20-18(14)15-5-3-4-6-17(15)22-2/h3-8,11,18,20H,9-10,12H2,1-2H3. The third-order valence-corrected chi connectivity index (χ3v) is 5.09. The van der Waals surface area contributed by atoms with Crippen molar-refractivity contribution in [3.05, 3.63) is 59.2 Å². The predicted molar refractivity (Wildman–Crippen MR) is 86.7 cm³/mol. The SMILES string of the molecule is COc1ccc2c(c1)C1(CC1)CNC2c1ccccc1OC. The monoisotopic (exact) mass is 295 g/mol. The highest BCUT2D eigenvalue weighted by atomic mass is 16.5. The maximum absolute atomic E-state index is 5.56. The molecule has 0 aromatic heterocycles. The normalized spacial score (nSPS) is 21.3. The molecule has 1 spiro atoms. The van der Waals surface area contributed by atoms with E-state index >= 15 is 0 Å². The van der Waals surface area contributed by atoms with Crippen LogP contribution in [0.15, 0.2) is 42.5 Å². The summed E-state index contributed by atoms with van der Waals surface area (Å²) in [6.45, 7) is 1.02. The van der Waals surface area contributed by atoms with Gasteiger partial charge in [0.25, 0.3) is 0 Å². The zero-order chi connectivity index (χ0) is 15.2. The number of nitrogens with one attached hydrogen (secondary N) is 1. The summed E-state index contributed by atoms with van der Waals surface area (Å²) in [4.78, 5) is 0. The molecule has 22 heavy (non-hydrogen) atoms. The van der Waals surface area contributed by atoms with Gasteiger partial charge in [-0.15, -0.1) is 0 Å². The molecule has 1 saturated carbocycles. The van der Waals surface area contributed by atoms with Crippen LogP contribution in [0, 0.1) is 0 Å². The Labute approximate surface area is 131 Å². The van der Waals surface area contributed by atoms with E-state index in [0.717, 1.165) is 18.0 Å². The fourth-order valence-corrected chi connectivity index (χ4v) is 3.66. The molecule has 3 heteroatoms. The summed E-state index contributed by atoms with van der Waals surface area (Å²) in [5.41, 5.74) is 4.32. The van der Waals surface area contributed by atoms with E-state index in [1.165, 1.54) is 29.5 Å². The molecule has 1 N–H and O–H groups in total. The smallest absolute Gasteiger partial charge is 0.123 e. The molecule has 0 radical (unpaired) electrons. The van der Waals surface area contributed by atoms with Crippen molar-refractivity contribution in [1.29, 1.82) is 0 Å². The lowest BCUT2D eigenvalue weighted by atomic mass is 9.81. The number of hydrogen-bond acceptors (Lipinski definition) is 3. The molecule has 3 nitrogen and oxygen atoms in total. The van der Waals surface area contributed by atoms with E-state index in [2.05, 4.69) is 35.6 Å². The lowest BCUT2D eigenvalue weighted by Gasteiger charge is -2.34. The first-order chi connectivity index (χ1) is 10.8. The van der Waals surface area contributed by atoms with Crippen molar-refractivity contribution >= 4 is 0 Å². The van der Waals surface area contributed by atoms with Gasteiger partial charge in [-0.05, 0) is 42.2 Å². The minimum atomic E-state index is 0.184. The van der Waals surface area contributed by atoms with Crippen molar-refractivity contribution in [2.45, 2.75) is 24.3 Å². The molecule has 4 rings (SSSR count). The van der Waals surface area contributed by atoms with E-state index in [1.54, 1.807) is 14.2 Å². The third-order valence-electron chi connectivity index (χ3n) is 5.09. The molecule has 2 aromatic carbocycles. The Morgan fingerprint density at radius 3 is 2.55 bits per heavy atom. The number of benzene rings is 2. The van der Waals surface area contributed by atoms with Crippen LogP contribution >= 0.6 is 0 Å². The molecule has 0 saturated heterocycles. The van der Waals surface area contributed by atoms with Crippen LogP contribution in [-0.4, -0.2) is 20.8 Å². The second kappa shape index (κ2) is 5.03. The van der Waals surface area contributed by atoms with Crippen LogP contribution in [0.25, 0.3) is 0 Å². The Balaban J connectivity index is 1.84. The van der Waals surface area contributed by atoms with Gasteiger partial charge in [-0.3, -0.25) is 0 Å². The minimum absolute atomic E-state index is 0.184. The number of para-hydroxylation sites is 1. The number of methoxy groups -OCH3 is 2. The van der Waals surface area contributed by atoms with Crippen LogP contribution < -0.4 is 14.8 Å². The fourth-order valence-electron chi connectivity index (χ4n) is 3.66. The van der Waals surface area contributed by atoms with E-state index in [9.17, 15) is 0 Å². The van der Waals surface area contributed by atoms with E-state index in [4.69, 9.17) is 9.47 Å². The molecular formula is C19H21NO2. The molecule has 0 amide bonds. The first kappa shape index (κ1) is 13.6. The zero-order valence-corrected chi connectivity index (χ0v) is 13.1. The van der Waals surface area contributed by atoms with E-state index in [0.29, 0.717) is 5.41 Å². The average molecular weight is 295 g/mol. The zero-order valence-electron chi connectivity index (χ0n) is 13.1. The van der Waals surface area contributed by atoms with Gasteiger partial charge < -0.3 is 14.8 Å². The summed E-state index contributed by atoms with van der Waals surface area (Å²) >= 11 is 0. The van der Waals surface area contributed by atoms with Crippen molar-refractivity contribution in [2.24, 2.45) is 0 Å². The second-order valence-electron chi connectivity index (χ2n) is 6.29. The molecule has 114 valence electrons. The van der Waals surface area contributed by atoms with Gasteiger partial charge >= 0.3 is 0 Å². The van der Waals surface area contributed by atoms with Crippen molar-refractivity contribution < 1.29 is 9.47 Å². The Kier molecular flexibility index (Phi) is 3.12. The van der Waals surface area contributed by atoms with Gasteiger partial charge in [0.05, 0.1) is 20.3 Å². The van der Waals surface area contributed by atoms with E-state index in [1.807, 2.05) is 12.1 Å². The minimum Gasteiger partial charge on any atom is -0.497 e. The Morgan fingerprint density at radius 2 is 1.82 bits per heavy atom. The summed E-state index contributed by atoms with van der Waals surface area (Å²) < 4.78 is 11.0. The molecule has 2 aliphatic rings. The summed E-state index contributed by atoms with van der Waals surface area (Å²) in [6, 6.07) is 14.9. The Hall–Kier alpha value is -2.00. The largest absolute Gasteiger partial charge is 0.497 e. The molecule has 1 aliphatic carbocycles. The quantitative estimate of drug-likeness (QED) is 0.941. The topological polar surface area (TPSA) is 30.5 Å². The van der Waals surface area contributed by atoms with Crippen molar-refractivity contribution in [1.82, 2.24) is 5.32 Å². The van der Waals surface area contributed by atoms with Gasteiger partial charge in [0.1, 0.15) is 11.5 Å². The molecule has 1 aliphatic heterocycles. The predicted octanol–water partition coefficient (Wildman–Crippen LogP) is 3.43. The van der Waals surface area contributed by atoms with Crippen molar-refractivity contribution in [3.8, 4) is 11.5 Å². The van der Waals surface area contributed by atoms with Crippen molar-refractivity contribution in [3.63, 3.8) is 0 Å². The highest BCUT2D eigenvalue weighted by molar-refractivity contribution is 5.52.